The standard InChI is InChI=1S/C11H20N4O/c1-5-6-8(2)15(4)11(16)10-9(12)7-14(3)13-10/h7-8H,5-6,12H2,1-4H3. The van der Waals surface area contributed by atoms with E-state index in [1.807, 2.05) is 6.92 Å². The molecule has 1 aromatic rings. The maximum Gasteiger partial charge on any atom is 0.276 e. The van der Waals surface area contributed by atoms with Gasteiger partial charge in [-0.2, -0.15) is 5.10 Å². The molecule has 1 atom stereocenters. The zero-order valence-electron chi connectivity index (χ0n) is 10.4. The Morgan fingerprint density at radius 1 is 1.69 bits per heavy atom. The number of anilines is 1. The predicted molar refractivity (Wildman–Crippen MR) is 64.1 cm³/mol. The van der Waals surface area contributed by atoms with E-state index in [1.54, 1.807) is 29.9 Å². The number of aromatic nitrogens is 2. The molecular weight excluding hydrogens is 204 g/mol. The summed E-state index contributed by atoms with van der Waals surface area (Å²) < 4.78 is 1.56. The van der Waals surface area contributed by atoms with E-state index in [1.165, 1.54) is 0 Å². The number of carbonyl (C=O) groups excluding carboxylic acids is 1. The van der Waals surface area contributed by atoms with Gasteiger partial charge in [0.15, 0.2) is 5.69 Å². The number of nitrogens with two attached hydrogens (primary N) is 1. The molecule has 0 aliphatic rings. The van der Waals surface area contributed by atoms with Gasteiger partial charge >= 0.3 is 0 Å². The third-order valence-corrected chi connectivity index (χ3v) is 2.75. The van der Waals surface area contributed by atoms with Crippen LogP contribution in [0, 0.1) is 0 Å². The number of amides is 1. The molecule has 0 aliphatic carbocycles. The molecular formula is C11H20N4O. The summed E-state index contributed by atoms with van der Waals surface area (Å²) in [7, 11) is 3.54. The molecule has 16 heavy (non-hydrogen) atoms. The molecule has 0 bridgehead atoms. The normalized spacial score (nSPS) is 12.5. The molecule has 90 valence electrons. The molecule has 1 rings (SSSR count). The zero-order chi connectivity index (χ0) is 12.3. The van der Waals surface area contributed by atoms with Crippen molar-refractivity contribution in [1.29, 1.82) is 0 Å². The highest BCUT2D eigenvalue weighted by molar-refractivity contribution is 5.97. The van der Waals surface area contributed by atoms with Crippen molar-refractivity contribution in [2.24, 2.45) is 7.05 Å². The van der Waals surface area contributed by atoms with Crippen LogP contribution in [0.5, 0.6) is 0 Å². The second-order valence-electron chi connectivity index (χ2n) is 4.16. The van der Waals surface area contributed by atoms with Crippen LogP contribution in [0.1, 0.15) is 37.2 Å². The summed E-state index contributed by atoms with van der Waals surface area (Å²) in [6.07, 6.45) is 3.68. The van der Waals surface area contributed by atoms with Crippen molar-refractivity contribution in [2.75, 3.05) is 12.8 Å². The van der Waals surface area contributed by atoms with Crippen LogP contribution < -0.4 is 5.73 Å². The summed E-state index contributed by atoms with van der Waals surface area (Å²) in [5, 5.41) is 4.07. The first-order valence-electron chi connectivity index (χ1n) is 5.53. The van der Waals surface area contributed by atoms with Crippen molar-refractivity contribution in [1.82, 2.24) is 14.7 Å². The van der Waals surface area contributed by atoms with Crippen LogP contribution in [0.3, 0.4) is 0 Å². The highest BCUT2D eigenvalue weighted by Gasteiger charge is 2.21. The number of nitrogen functional groups attached to an aromatic ring is 1. The molecule has 1 heterocycles. The Labute approximate surface area is 96.2 Å². The first kappa shape index (κ1) is 12.5. The van der Waals surface area contributed by atoms with Gasteiger partial charge in [0.05, 0.1) is 5.69 Å². The van der Waals surface area contributed by atoms with Crippen molar-refractivity contribution in [3.63, 3.8) is 0 Å². The van der Waals surface area contributed by atoms with Crippen LogP contribution in [0.2, 0.25) is 0 Å². The topological polar surface area (TPSA) is 64.2 Å². The number of carbonyl (C=O) groups is 1. The van der Waals surface area contributed by atoms with Gasteiger partial charge < -0.3 is 10.6 Å². The summed E-state index contributed by atoms with van der Waals surface area (Å²) in [5.41, 5.74) is 6.50. The first-order chi connectivity index (χ1) is 7.47. The van der Waals surface area contributed by atoms with Gasteiger partial charge in [-0.15, -0.1) is 0 Å². The third-order valence-electron chi connectivity index (χ3n) is 2.75. The largest absolute Gasteiger partial charge is 0.396 e. The minimum atomic E-state index is -0.112. The van der Waals surface area contributed by atoms with Gasteiger partial charge in [-0.25, -0.2) is 0 Å². The van der Waals surface area contributed by atoms with Crippen molar-refractivity contribution >= 4 is 11.6 Å². The van der Waals surface area contributed by atoms with E-state index < -0.39 is 0 Å². The molecule has 5 nitrogen and oxygen atoms in total. The Balaban J connectivity index is 2.81. The lowest BCUT2D eigenvalue weighted by Crippen LogP contribution is -2.35. The maximum absolute atomic E-state index is 12.1. The highest BCUT2D eigenvalue weighted by atomic mass is 16.2. The molecule has 0 radical (unpaired) electrons. The molecule has 1 aromatic heterocycles. The van der Waals surface area contributed by atoms with E-state index in [-0.39, 0.29) is 11.9 Å². The molecule has 0 saturated heterocycles. The number of rotatable bonds is 4. The van der Waals surface area contributed by atoms with Crippen LogP contribution in [-0.4, -0.2) is 33.7 Å². The summed E-state index contributed by atoms with van der Waals surface area (Å²) in [6, 6.07) is 0.207. The van der Waals surface area contributed by atoms with E-state index in [0.29, 0.717) is 11.4 Å². The SMILES string of the molecule is CCCC(C)N(C)C(=O)c1nn(C)cc1N. The molecule has 0 aliphatic heterocycles. The summed E-state index contributed by atoms with van der Waals surface area (Å²) in [5.74, 6) is -0.112. The highest BCUT2D eigenvalue weighted by Crippen LogP contribution is 2.13. The lowest BCUT2D eigenvalue weighted by molar-refractivity contribution is 0.0731. The van der Waals surface area contributed by atoms with E-state index in [4.69, 9.17) is 5.73 Å². The Hall–Kier alpha value is -1.52. The van der Waals surface area contributed by atoms with E-state index in [9.17, 15) is 4.79 Å². The van der Waals surface area contributed by atoms with Crippen LogP contribution in [0.15, 0.2) is 6.20 Å². The second-order valence-corrected chi connectivity index (χ2v) is 4.16. The van der Waals surface area contributed by atoms with Crippen LogP contribution >= 0.6 is 0 Å². The van der Waals surface area contributed by atoms with Crippen molar-refractivity contribution in [3.8, 4) is 0 Å². The average molecular weight is 224 g/mol. The van der Waals surface area contributed by atoms with Crippen molar-refractivity contribution < 1.29 is 4.79 Å². The predicted octanol–water partition coefficient (Wildman–Crippen LogP) is 1.26. The van der Waals surface area contributed by atoms with E-state index in [0.717, 1.165) is 12.8 Å². The second kappa shape index (κ2) is 5.01. The van der Waals surface area contributed by atoms with Gasteiger partial charge in [-0.3, -0.25) is 9.48 Å². The van der Waals surface area contributed by atoms with Gasteiger partial charge in [0, 0.05) is 26.3 Å². The number of aryl methyl sites for hydroxylation is 1. The number of hydrogen-bond donors (Lipinski definition) is 1. The van der Waals surface area contributed by atoms with Gasteiger partial charge in [0.1, 0.15) is 0 Å². The Bertz CT molecular complexity index is 372. The third kappa shape index (κ3) is 2.53. The fraction of sp³-hybridized carbons (Fsp3) is 0.636. The molecule has 1 amide bonds. The first-order valence-corrected chi connectivity index (χ1v) is 5.53. The van der Waals surface area contributed by atoms with Crippen LogP contribution in [0.25, 0.3) is 0 Å². The molecule has 0 aromatic carbocycles. The molecule has 5 heteroatoms. The van der Waals surface area contributed by atoms with Gasteiger partial charge in [0.2, 0.25) is 0 Å². The van der Waals surface area contributed by atoms with Gasteiger partial charge in [0.25, 0.3) is 5.91 Å². The average Bonchev–Trinajstić information content (AvgIpc) is 2.56. The summed E-state index contributed by atoms with van der Waals surface area (Å²) in [6.45, 7) is 4.13. The molecule has 0 saturated carbocycles. The Morgan fingerprint density at radius 3 is 2.75 bits per heavy atom. The Kier molecular flexibility index (Phi) is 3.93. The lowest BCUT2D eigenvalue weighted by Gasteiger charge is -2.23. The van der Waals surface area contributed by atoms with Crippen LogP contribution in [0.4, 0.5) is 5.69 Å². The van der Waals surface area contributed by atoms with Crippen LogP contribution in [-0.2, 0) is 7.05 Å². The quantitative estimate of drug-likeness (QED) is 0.837. The smallest absolute Gasteiger partial charge is 0.276 e. The Morgan fingerprint density at radius 2 is 2.31 bits per heavy atom. The van der Waals surface area contributed by atoms with Crippen molar-refractivity contribution in [3.05, 3.63) is 11.9 Å². The van der Waals surface area contributed by atoms with Crippen molar-refractivity contribution in [2.45, 2.75) is 32.7 Å². The molecule has 0 fully saturated rings. The molecule has 1 unspecified atom stereocenters. The zero-order valence-corrected chi connectivity index (χ0v) is 10.4. The summed E-state index contributed by atoms with van der Waals surface area (Å²) in [4.78, 5) is 13.8. The fourth-order valence-corrected chi connectivity index (χ4v) is 1.65. The van der Waals surface area contributed by atoms with E-state index >= 15 is 0 Å². The number of nitrogens with zero attached hydrogens (tertiary/aromatic N) is 3. The van der Waals surface area contributed by atoms with Gasteiger partial charge in [-0.05, 0) is 13.3 Å². The minimum Gasteiger partial charge on any atom is -0.396 e. The lowest BCUT2D eigenvalue weighted by atomic mass is 10.1. The maximum atomic E-state index is 12.1. The van der Waals surface area contributed by atoms with Gasteiger partial charge in [-0.1, -0.05) is 13.3 Å². The molecule has 2 N–H and O–H groups in total. The number of hydrogen-bond acceptors (Lipinski definition) is 3. The monoisotopic (exact) mass is 224 g/mol. The van der Waals surface area contributed by atoms with E-state index in [2.05, 4.69) is 12.0 Å². The summed E-state index contributed by atoms with van der Waals surface area (Å²) >= 11 is 0. The molecule has 0 spiro atoms. The minimum absolute atomic E-state index is 0.112. The fourth-order valence-electron chi connectivity index (χ4n) is 1.65.